The molecule has 24 heavy (non-hydrogen) atoms. The van der Waals surface area contributed by atoms with Crippen LogP contribution in [0.25, 0.3) is 12.2 Å². The number of aryl methyl sites for hydroxylation is 2. The van der Waals surface area contributed by atoms with Gasteiger partial charge in [-0.25, -0.2) is 4.39 Å². The van der Waals surface area contributed by atoms with E-state index in [-0.39, 0.29) is 5.82 Å². The van der Waals surface area contributed by atoms with Gasteiger partial charge in [0, 0.05) is 6.08 Å². The van der Waals surface area contributed by atoms with Crippen LogP contribution in [0.1, 0.15) is 34.0 Å². The lowest BCUT2D eigenvalue weighted by atomic mass is 10.0. The molecule has 0 unspecified atom stereocenters. The minimum atomic E-state index is -0.370. The fraction of sp³-hybridized carbons (Fsp3) is 0.158. The van der Waals surface area contributed by atoms with Crippen molar-refractivity contribution < 1.29 is 8.81 Å². The normalized spacial score (nSPS) is 11.3. The van der Waals surface area contributed by atoms with Gasteiger partial charge in [0.1, 0.15) is 5.82 Å². The number of hydrogen-bond acceptors (Lipinski definition) is 3. The molecule has 0 bridgehead atoms. The lowest BCUT2D eigenvalue weighted by Gasteiger charge is -2.02. The van der Waals surface area contributed by atoms with E-state index in [1.807, 2.05) is 0 Å². The second-order valence-electron chi connectivity index (χ2n) is 5.63. The molecule has 1 aromatic heterocycles. The predicted octanol–water partition coefficient (Wildman–Crippen LogP) is 5.24. The van der Waals surface area contributed by atoms with Gasteiger partial charge in [0.05, 0.1) is 11.4 Å². The highest BCUT2D eigenvalue weighted by molar-refractivity contribution is 6.32. The Balaban J connectivity index is 1.73. The summed E-state index contributed by atoms with van der Waals surface area (Å²) in [6.45, 7) is 4.16. The second kappa shape index (κ2) is 6.97. The van der Waals surface area contributed by atoms with Crippen molar-refractivity contribution in [1.29, 1.82) is 0 Å². The molecule has 0 aliphatic carbocycles. The molecule has 0 radical (unpaired) electrons. The summed E-state index contributed by atoms with van der Waals surface area (Å²) >= 11 is 5.98. The number of aromatic nitrogens is 2. The number of benzene rings is 2. The Morgan fingerprint density at radius 3 is 2.62 bits per heavy atom. The molecule has 0 saturated heterocycles. The summed E-state index contributed by atoms with van der Waals surface area (Å²) in [6.07, 6.45) is 3.96. The van der Waals surface area contributed by atoms with Gasteiger partial charge in [-0.05, 0) is 54.3 Å². The zero-order chi connectivity index (χ0) is 17.1. The summed E-state index contributed by atoms with van der Waals surface area (Å²) in [5.74, 6) is 0.558. The number of hydrogen-bond donors (Lipinski definition) is 0. The van der Waals surface area contributed by atoms with E-state index in [0.717, 1.165) is 5.56 Å². The van der Waals surface area contributed by atoms with E-state index in [2.05, 4.69) is 42.2 Å². The molecule has 3 aromatic rings. The Morgan fingerprint density at radius 1 is 1.04 bits per heavy atom. The maximum absolute atomic E-state index is 13.0. The van der Waals surface area contributed by atoms with Crippen LogP contribution < -0.4 is 0 Å². The fourth-order valence-electron chi connectivity index (χ4n) is 2.29. The lowest BCUT2D eigenvalue weighted by Crippen LogP contribution is -1.90. The largest absolute Gasteiger partial charge is 0.421 e. The maximum atomic E-state index is 13.0. The van der Waals surface area contributed by atoms with Crippen LogP contribution in [0.3, 0.4) is 0 Å². The summed E-state index contributed by atoms with van der Waals surface area (Å²) in [7, 11) is 0. The molecule has 0 saturated carbocycles. The Labute approximate surface area is 144 Å². The van der Waals surface area contributed by atoms with E-state index in [0.29, 0.717) is 28.8 Å². The van der Waals surface area contributed by atoms with Crippen LogP contribution in [0, 0.1) is 19.7 Å². The minimum absolute atomic E-state index is 0.334. The molecule has 0 amide bonds. The molecular formula is C19H16ClFN2O. The van der Waals surface area contributed by atoms with Crippen LogP contribution in [0.2, 0.25) is 5.02 Å². The smallest absolute Gasteiger partial charge is 0.240 e. The van der Waals surface area contributed by atoms with Crippen LogP contribution in [0.15, 0.2) is 40.8 Å². The molecule has 5 heteroatoms. The SMILES string of the molecule is Cc1ccc(Cc2nnc(/C=C/c3ccc(F)cc3Cl)o2)cc1C. The molecule has 0 fully saturated rings. The number of rotatable bonds is 4. The van der Waals surface area contributed by atoms with Crippen LogP contribution in [-0.2, 0) is 6.42 Å². The van der Waals surface area contributed by atoms with E-state index < -0.39 is 0 Å². The first-order valence-corrected chi connectivity index (χ1v) is 7.91. The lowest BCUT2D eigenvalue weighted by molar-refractivity contribution is 0.496. The van der Waals surface area contributed by atoms with Crippen LogP contribution in [-0.4, -0.2) is 10.2 Å². The predicted molar refractivity (Wildman–Crippen MR) is 93.4 cm³/mol. The van der Waals surface area contributed by atoms with Gasteiger partial charge < -0.3 is 4.42 Å². The number of halogens is 2. The molecule has 3 nitrogen and oxygen atoms in total. The van der Waals surface area contributed by atoms with Gasteiger partial charge in [0.25, 0.3) is 0 Å². The van der Waals surface area contributed by atoms with Crippen molar-refractivity contribution in [1.82, 2.24) is 10.2 Å². The van der Waals surface area contributed by atoms with Crippen molar-refractivity contribution in [2.24, 2.45) is 0 Å². The summed E-state index contributed by atoms with van der Waals surface area (Å²) < 4.78 is 18.6. The molecule has 1 heterocycles. The Bertz CT molecular complexity index is 902. The molecule has 2 aromatic carbocycles. The van der Waals surface area contributed by atoms with Gasteiger partial charge in [-0.2, -0.15) is 0 Å². The van der Waals surface area contributed by atoms with Crippen molar-refractivity contribution in [3.05, 3.63) is 81.3 Å². The average Bonchev–Trinajstić information content (AvgIpc) is 2.98. The first-order chi connectivity index (χ1) is 11.5. The van der Waals surface area contributed by atoms with E-state index >= 15 is 0 Å². The molecular weight excluding hydrogens is 327 g/mol. The molecule has 122 valence electrons. The summed E-state index contributed by atoms with van der Waals surface area (Å²) in [6, 6.07) is 10.5. The van der Waals surface area contributed by atoms with Crippen molar-refractivity contribution in [2.45, 2.75) is 20.3 Å². The Hall–Kier alpha value is -2.46. The quantitative estimate of drug-likeness (QED) is 0.650. The standard InChI is InChI=1S/C19H16ClFN2O/c1-12-3-4-14(9-13(12)2)10-19-23-22-18(24-19)8-6-15-5-7-16(21)11-17(15)20/h3-9,11H,10H2,1-2H3/b8-6+. The first-order valence-electron chi connectivity index (χ1n) is 7.53. The molecule has 0 spiro atoms. The van der Waals surface area contributed by atoms with Crippen molar-refractivity contribution in [3.63, 3.8) is 0 Å². The maximum Gasteiger partial charge on any atom is 0.240 e. The van der Waals surface area contributed by atoms with Gasteiger partial charge in [0.15, 0.2) is 0 Å². The average molecular weight is 343 g/mol. The van der Waals surface area contributed by atoms with Crippen molar-refractivity contribution in [3.8, 4) is 0 Å². The van der Waals surface area contributed by atoms with E-state index in [9.17, 15) is 4.39 Å². The zero-order valence-electron chi connectivity index (χ0n) is 13.4. The highest BCUT2D eigenvalue weighted by Gasteiger charge is 2.06. The molecule has 0 atom stereocenters. The summed E-state index contributed by atoms with van der Waals surface area (Å²) in [5, 5.41) is 8.38. The van der Waals surface area contributed by atoms with E-state index in [1.165, 1.54) is 23.3 Å². The first kappa shape index (κ1) is 16.4. The highest BCUT2D eigenvalue weighted by atomic mass is 35.5. The molecule has 3 rings (SSSR count). The second-order valence-corrected chi connectivity index (χ2v) is 6.04. The zero-order valence-corrected chi connectivity index (χ0v) is 14.1. The van der Waals surface area contributed by atoms with Crippen molar-refractivity contribution in [2.75, 3.05) is 0 Å². The summed E-state index contributed by atoms with van der Waals surface area (Å²) in [4.78, 5) is 0. The van der Waals surface area contributed by atoms with Crippen LogP contribution >= 0.6 is 11.6 Å². The molecule has 0 N–H and O–H groups in total. The van der Waals surface area contributed by atoms with Crippen LogP contribution in [0.5, 0.6) is 0 Å². The van der Waals surface area contributed by atoms with Gasteiger partial charge in [0.2, 0.25) is 11.8 Å². The molecule has 0 aliphatic rings. The summed E-state index contributed by atoms with van der Waals surface area (Å²) in [5.41, 5.74) is 4.30. The monoisotopic (exact) mass is 342 g/mol. The van der Waals surface area contributed by atoms with Gasteiger partial charge in [-0.1, -0.05) is 35.9 Å². The minimum Gasteiger partial charge on any atom is -0.421 e. The van der Waals surface area contributed by atoms with Crippen LogP contribution in [0.4, 0.5) is 4.39 Å². The van der Waals surface area contributed by atoms with E-state index in [4.69, 9.17) is 16.0 Å². The number of nitrogens with zero attached hydrogens (tertiary/aromatic N) is 2. The Kier molecular flexibility index (Phi) is 4.76. The van der Waals surface area contributed by atoms with E-state index in [1.54, 1.807) is 18.2 Å². The van der Waals surface area contributed by atoms with Gasteiger partial charge in [-0.3, -0.25) is 0 Å². The third-order valence-corrected chi connectivity index (χ3v) is 4.10. The van der Waals surface area contributed by atoms with Crippen molar-refractivity contribution >= 4 is 23.8 Å². The molecule has 0 aliphatic heterocycles. The topological polar surface area (TPSA) is 38.9 Å². The fourth-order valence-corrected chi connectivity index (χ4v) is 2.52. The third kappa shape index (κ3) is 3.89. The Morgan fingerprint density at radius 2 is 1.88 bits per heavy atom. The van der Waals surface area contributed by atoms with Gasteiger partial charge in [-0.15, -0.1) is 10.2 Å². The third-order valence-electron chi connectivity index (χ3n) is 3.78. The van der Waals surface area contributed by atoms with Gasteiger partial charge >= 0.3 is 0 Å². The highest BCUT2D eigenvalue weighted by Crippen LogP contribution is 2.20.